The summed E-state index contributed by atoms with van der Waals surface area (Å²) in [5, 5.41) is 11.5. The minimum atomic E-state index is 0.0803. The van der Waals surface area contributed by atoms with Gasteiger partial charge in [0, 0.05) is 0 Å². The first-order valence-electron chi connectivity index (χ1n) is 5.01. The van der Waals surface area contributed by atoms with Crippen molar-refractivity contribution in [2.24, 2.45) is 0 Å². The van der Waals surface area contributed by atoms with Crippen molar-refractivity contribution in [3.05, 3.63) is 54.1 Å². The molecule has 1 heteroatoms. The van der Waals surface area contributed by atoms with Crippen LogP contribution in [0.4, 0.5) is 0 Å². The fourth-order valence-corrected chi connectivity index (χ4v) is 1.89. The second-order valence-electron chi connectivity index (χ2n) is 3.76. The molecule has 0 saturated heterocycles. The van der Waals surface area contributed by atoms with Crippen molar-refractivity contribution in [3.8, 4) is 0 Å². The third-order valence-electron chi connectivity index (χ3n) is 2.64. The molecular weight excluding hydrogens is 184 g/mol. The zero-order chi connectivity index (χ0) is 10.8. The van der Waals surface area contributed by atoms with Crippen molar-refractivity contribution in [2.45, 2.75) is 13.5 Å². The molecule has 0 aromatic heterocycles. The van der Waals surface area contributed by atoms with E-state index in [1.807, 2.05) is 31.2 Å². The second kappa shape index (κ2) is 3.87. The van der Waals surface area contributed by atoms with Crippen LogP contribution in [0.5, 0.6) is 0 Å². The predicted octanol–water partition coefficient (Wildman–Crippen LogP) is 3.37. The highest BCUT2D eigenvalue weighted by molar-refractivity contribution is 5.94. The van der Waals surface area contributed by atoms with Crippen LogP contribution >= 0.6 is 0 Å². The normalized spacial score (nSPS) is 10.5. The maximum absolute atomic E-state index is 9.24. The number of hydrogen-bond acceptors (Lipinski definition) is 1. The molecule has 0 spiro atoms. The Labute approximate surface area is 89.7 Å². The summed E-state index contributed by atoms with van der Waals surface area (Å²) in [5.74, 6) is 0. The Morgan fingerprint density at radius 2 is 1.80 bits per heavy atom. The van der Waals surface area contributed by atoms with Gasteiger partial charge in [-0.1, -0.05) is 48.6 Å². The lowest BCUT2D eigenvalue weighted by Crippen LogP contribution is -1.88. The standard InChI is InChI=1S/C14H14O/c1-10(2)12-6-4-7-13-11(9-15)5-3-8-14(12)13/h3-8,15H,1,9H2,2H3. The molecule has 1 N–H and O–H groups in total. The summed E-state index contributed by atoms with van der Waals surface area (Å²) in [6.45, 7) is 6.05. The van der Waals surface area contributed by atoms with Gasteiger partial charge < -0.3 is 5.11 Å². The first-order chi connectivity index (χ1) is 7.24. The molecule has 1 nitrogen and oxygen atoms in total. The van der Waals surface area contributed by atoms with Crippen molar-refractivity contribution in [1.82, 2.24) is 0 Å². The zero-order valence-corrected chi connectivity index (χ0v) is 8.83. The molecule has 0 amide bonds. The van der Waals surface area contributed by atoms with Gasteiger partial charge in [-0.3, -0.25) is 0 Å². The Hall–Kier alpha value is -1.60. The Kier molecular flexibility index (Phi) is 2.57. The number of rotatable bonds is 2. The highest BCUT2D eigenvalue weighted by Gasteiger charge is 2.03. The molecule has 76 valence electrons. The first-order valence-corrected chi connectivity index (χ1v) is 5.01. The summed E-state index contributed by atoms with van der Waals surface area (Å²) in [6.07, 6.45) is 0. The molecule has 2 aromatic rings. The van der Waals surface area contributed by atoms with Gasteiger partial charge in [-0.15, -0.1) is 0 Å². The molecule has 0 aliphatic heterocycles. The van der Waals surface area contributed by atoms with Gasteiger partial charge in [-0.2, -0.15) is 0 Å². The van der Waals surface area contributed by atoms with Crippen LogP contribution in [-0.4, -0.2) is 5.11 Å². The van der Waals surface area contributed by atoms with Gasteiger partial charge in [0.05, 0.1) is 6.61 Å². The molecule has 0 unspecified atom stereocenters. The molecule has 0 atom stereocenters. The van der Waals surface area contributed by atoms with E-state index in [4.69, 9.17) is 0 Å². The van der Waals surface area contributed by atoms with E-state index < -0.39 is 0 Å². The number of allylic oxidation sites excluding steroid dienone is 1. The highest BCUT2D eigenvalue weighted by atomic mass is 16.3. The second-order valence-corrected chi connectivity index (χ2v) is 3.76. The molecule has 0 saturated carbocycles. The van der Waals surface area contributed by atoms with Crippen LogP contribution in [0.1, 0.15) is 18.1 Å². The molecule has 0 radical (unpaired) electrons. The Morgan fingerprint density at radius 1 is 1.13 bits per heavy atom. The number of fused-ring (bicyclic) bond motifs is 1. The number of benzene rings is 2. The van der Waals surface area contributed by atoms with Crippen molar-refractivity contribution < 1.29 is 5.11 Å². The van der Waals surface area contributed by atoms with Crippen molar-refractivity contribution in [3.63, 3.8) is 0 Å². The zero-order valence-electron chi connectivity index (χ0n) is 8.83. The van der Waals surface area contributed by atoms with Crippen LogP contribution in [0.25, 0.3) is 16.3 Å². The van der Waals surface area contributed by atoms with Crippen LogP contribution in [0, 0.1) is 0 Å². The summed E-state index contributed by atoms with van der Waals surface area (Å²) in [7, 11) is 0. The topological polar surface area (TPSA) is 20.2 Å². The lowest BCUT2D eigenvalue weighted by Gasteiger charge is -2.08. The summed E-state index contributed by atoms with van der Waals surface area (Å²) >= 11 is 0. The van der Waals surface area contributed by atoms with Crippen LogP contribution in [0.3, 0.4) is 0 Å². The molecule has 0 heterocycles. The Balaban J connectivity index is 2.82. The predicted molar refractivity (Wildman–Crippen MR) is 64.6 cm³/mol. The maximum atomic E-state index is 9.24. The molecule has 2 aromatic carbocycles. The van der Waals surface area contributed by atoms with Gasteiger partial charge >= 0.3 is 0 Å². The fourth-order valence-electron chi connectivity index (χ4n) is 1.89. The number of hydrogen-bond donors (Lipinski definition) is 1. The average molecular weight is 198 g/mol. The van der Waals surface area contributed by atoms with Gasteiger partial charge in [0.2, 0.25) is 0 Å². The largest absolute Gasteiger partial charge is 0.392 e. The fraction of sp³-hybridized carbons (Fsp3) is 0.143. The van der Waals surface area contributed by atoms with Gasteiger partial charge in [-0.25, -0.2) is 0 Å². The van der Waals surface area contributed by atoms with E-state index in [0.717, 1.165) is 27.5 Å². The minimum Gasteiger partial charge on any atom is -0.392 e. The summed E-state index contributed by atoms with van der Waals surface area (Å²) in [5.41, 5.74) is 3.18. The quantitative estimate of drug-likeness (QED) is 0.784. The Morgan fingerprint density at radius 3 is 2.47 bits per heavy atom. The van der Waals surface area contributed by atoms with Crippen molar-refractivity contribution in [1.29, 1.82) is 0 Å². The maximum Gasteiger partial charge on any atom is 0.0687 e. The van der Waals surface area contributed by atoms with Gasteiger partial charge in [0.15, 0.2) is 0 Å². The number of aliphatic hydroxyl groups excluding tert-OH is 1. The van der Waals surface area contributed by atoms with E-state index in [2.05, 4.69) is 18.7 Å². The van der Waals surface area contributed by atoms with E-state index in [-0.39, 0.29) is 6.61 Å². The molecule has 2 rings (SSSR count). The SMILES string of the molecule is C=C(C)c1cccc2c(CO)cccc12. The van der Waals surface area contributed by atoms with Crippen LogP contribution < -0.4 is 0 Å². The molecule has 0 aliphatic rings. The van der Waals surface area contributed by atoms with E-state index in [9.17, 15) is 5.11 Å². The average Bonchev–Trinajstić information content (AvgIpc) is 2.27. The van der Waals surface area contributed by atoms with Crippen molar-refractivity contribution in [2.75, 3.05) is 0 Å². The lowest BCUT2D eigenvalue weighted by atomic mass is 9.97. The van der Waals surface area contributed by atoms with Gasteiger partial charge in [0.25, 0.3) is 0 Å². The van der Waals surface area contributed by atoms with Gasteiger partial charge in [0.1, 0.15) is 0 Å². The van der Waals surface area contributed by atoms with Crippen LogP contribution in [0.2, 0.25) is 0 Å². The lowest BCUT2D eigenvalue weighted by molar-refractivity contribution is 0.283. The Bertz CT molecular complexity index is 512. The molecule has 15 heavy (non-hydrogen) atoms. The third kappa shape index (κ3) is 1.66. The van der Waals surface area contributed by atoms with Crippen LogP contribution in [-0.2, 0) is 6.61 Å². The van der Waals surface area contributed by atoms with E-state index in [1.165, 1.54) is 0 Å². The monoisotopic (exact) mass is 198 g/mol. The minimum absolute atomic E-state index is 0.0803. The molecule has 0 fully saturated rings. The van der Waals surface area contributed by atoms with E-state index >= 15 is 0 Å². The highest BCUT2D eigenvalue weighted by Crippen LogP contribution is 2.26. The van der Waals surface area contributed by atoms with Gasteiger partial charge in [-0.05, 0) is 28.8 Å². The van der Waals surface area contributed by atoms with Crippen LogP contribution in [0.15, 0.2) is 43.0 Å². The van der Waals surface area contributed by atoms with E-state index in [1.54, 1.807) is 0 Å². The summed E-state index contributed by atoms with van der Waals surface area (Å²) < 4.78 is 0. The molecule has 0 aliphatic carbocycles. The molecule has 0 bridgehead atoms. The summed E-state index contributed by atoms with van der Waals surface area (Å²) in [4.78, 5) is 0. The molecular formula is C14H14O. The third-order valence-corrected chi connectivity index (χ3v) is 2.64. The first kappa shape index (κ1) is 9.94. The van der Waals surface area contributed by atoms with E-state index in [0.29, 0.717) is 0 Å². The van der Waals surface area contributed by atoms with Crippen molar-refractivity contribution >= 4 is 16.3 Å². The smallest absolute Gasteiger partial charge is 0.0687 e. The number of aliphatic hydroxyl groups is 1. The summed E-state index contributed by atoms with van der Waals surface area (Å²) in [6, 6.07) is 12.1.